The summed E-state index contributed by atoms with van der Waals surface area (Å²) < 4.78 is 39.7. The number of nitrogens with two attached hydrogens (primary N) is 1. The minimum Gasteiger partial charge on any atom is -0.545 e. The molecule has 0 bridgehead atoms. The number of halogens is 3. The van der Waals surface area contributed by atoms with E-state index >= 15 is 0 Å². The number of benzene rings is 2. The Bertz CT molecular complexity index is 1170. The van der Waals surface area contributed by atoms with Crippen molar-refractivity contribution < 1.29 is 27.9 Å². The molecule has 2 N–H and O–H groups in total. The van der Waals surface area contributed by atoms with Gasteiger partial charge in [-0.15, -0.1) is 0 Å². The van der Waals surface area contributed by atoms with E-state index in [-0.39, 0.29) is 22.8 Å². The second-order valence-corrected chi connectivity index (χ2v) is 7.19. The molecule has 0 radical (unpaired) electrons. The number of allylic oxidation sites excluding steroid dienone is 2. The van der Waals surface area contributed by atoms with Crippen LogP contribution in [0.25, 0.3) is 0 Å². The van der Waals surface area contributed by atoms with Crippen molar-refractivity contribution in [1.29, 1.82) is 5.26 Å². The van der Waals surface area contributed by atoms with Gasteiger partial charge in [0.15, 0.2) is 5.78 Å². The average Bonchev–Trinajstić information content (AvgIpc) is 2.72. The molecule has 0 aromatic heterocycles. The molecule has 0 aliphatic carbocycles. The van der Waals surface area contributed by atoms with Crippen LogP contribution in [0.1, 0.15) is 36.5 Å². The summed E-state index contributed by atoms with van der Waals surface area (Å²) in [6, 6.07) is 12.1. The number of carboxylic acid groups (broad SMARTS) is 1. The number of rotatable bonds is 4. The van der Waals surface area contributed by atoms with E-state index in [0.29, 0.717) is 11.1 Å². The Morgan fingerprint density at radius 3 is 2.25 bits per heavy atom. The van der Waals surface area contributed by atoms with E-state index in [9.17, 15) is 27.9 Å². The standard InChI is InChI=1S/C23H18F3N3O3/c1-12-18(13(2)30)19(15-8-6-14(11-27)7-9-15)20(22(31)32)21(28)29(12)17-5-3-4-16(10-17)23(24,25)26/h3-10,19H,28H2,1-2H3,(H,31,32)/p-1. The van der Waals surface area contributed by atoms with Gasteiger partial charge in [-0.1, -0.05) is 18.2 Å². The maximum Gasteiger partial charge on any atom is 0.416 e. The number of Topliss-reactive ketones (excluding diaryl/α,β-unsaturated/α-hetero) is 1. The fourth-order valence-electron chi connectivity index (χ4n) is 3.84. The van der Waals surface area contributed by atoms with Gasteiger partial charge < -0.3 is 20.5 Å². The normalized spacial score (nSPS) is 16.8. The third-order valence-electron chi connectivity index (χ3n) is 5.22. The van der Waals surface area contributed by atoms with Crippen LogP contribution in [0.3, 0.4) is 0 Å². The molecule has 164 valence electrons. The summed E-state index contributed by atoms with van der Waals surface area (Å²) in [7, 11) is 0. The monoisotopic (exact) mass is 440 g/mol. The fraction of sp³-hybridized carbons (Fsp3) is 0.174. The molecule has 3 rings (SSSR count). The Labute approximate surface area is 181 Å². The van der Waals surface area contributed by atoms with Crippen LogP contribution < -0.4 is 15.7 Å². The Kier molecular flexibility index (Phi) is 5.82. The van der Waals surface area contributed by atoms with Crippen molar-refractivity contribution in [3.8, 4) is 6.07 Å². The van der Waals surface area contributed by atoms with E-state index in [2.05, 4.69) is 0 Å². The van der Waals surface area contributed by atoms with Gasteiger partial charge in [-0.05, 0) is 49.7 Å². The van der Waals surface area contributed by atoms with Gasteiger partial charge in [0.05, 0.1) is 23.2 Å². The molecule has 1 unspecified atom stereocenters. The summed E-state index contributed by atoms with van der Waals surface area (Å²) in [6.07, 6.45) is -4.63. The van der Waals surface area contributed by atoms with Gasteiger partial charge in [-0.25, -0.2) is 0 Å². The summed E-state index contributed by atoms with van der Waals surface area (Å²) in [5.41, 5.74) is 5.63. The van der Waals surface area contributed by atoms with Crippen LogP contribution in [0.15, 0.2) is 71.2 Å². The molecular weight excluding hydrogens is 423 g/mol. The Morgan fingerprint density at radius 1 is 1.12 bits per heavy atom. The highest BCUT2D eigenvalue weighted by atomic mass is 19.4. The lowest BCUT2D eigenvalue weighted by Gasteiger charge is -2.38. The zero-order valence-corrected chi connectivity index (χ0v) is 17.0. The molecule has 1 aliphatic rings. The lowest BCUT2D eigenvalue weighted by Crippen LogP contribution is -2.41. The number of aliphatic carboxylic acids is 1. The van der Waals surface area contributed by atoms with Crippen molar-refractivity contribution >= 4 is 17.4 Å². The zero-order chi connectivity index (χ0) is 23.8. The molecular formula is C23H17F3N3O3-. The summed E-state index contributed by atoms with van der Waals surface area (Å²) in [4.78, 5) is 25.8. The smallest absolute Gasteiger partial charge is 0.416 e. The Balaban J connectivity index is 2.28. The molecule has 0 saturated carbocycles. The average molecular weight is 440 g/mol. The van der Waals surface area contributed by atoms with Crippen LogP contribution in [0.4, 0.5) is 18.9 Å². The largest absolute Gasteiger partial charge is 0.545 e. The Morgan fingerprint density at radius 2 is 1.75 bits per heavy atom. The second-order valence-electron chi connectivity index (χ2n) is 7.19. The molecule has 2 aromatic carbocycles. The molecule has 0 amide bonds. The van der Waals surface area contributed by atoms with E-state index in [0.717, 1.165) is 23.1 Å². The van der Waals surface area contributed by atoms with E-state index in [1.165, 1.54) is 44.2 Å². The highest BCUT2D eigenvalue weighted by molar-refractivity contribution is 6.02. The third-order valence-corrected chi connectivity index (χ3v) is 5.22. The molecule has 0 spiro atoms. The van der Waals surface area contributed by atoms with Gasteiger partial charge in [-0.3, -0.25) is 4.79 Å². The van der Waals surface area contributed by atoms with Gasteiger partial charge in [0.2, 0.25) is 0 Å². The first-order valence-corrected chi connectivity index (χ1v) is 9.37. The van der Waals surface area contributed by atoms with Crippen LogP contribution in [0.5, 0.6) is 0 Å². The number of hydrogen-bond acceptors (Lipinski definition) is 6. The topological polar surface area (TPSA) is 110 Å². The fourth-order valence-corrected chi connectivity index (χ4v) is 3.84. The van der Waals surface area contributed by atoms with Crippen molar-refractivity contribution in [2.75, 3.05) is 4.90 Å². The number of nitrogens with zero attached hydrogens (tertiary/aromatic N) is 2. The summed E-state index contributed by atoms with van der Waals surface area (Å²) >= 11 is 0. The van der Waals surface area contributed by atoms with Crippen molar-refractivity contribution in [3.63, 3.8) is 0 Å². The van der Waals surface area contributed by atoms with Gasteiger partial charge in [0.1, 0.15) is 5.82 Å². The summed E-state index contributed by atoms with van der Waals surface area (Å²) in [6.45, 7) is 2.71. The lowest BCUT2D eigenvalue weighted by molar-refractivity contribution is -0.299. The molecule has 6 nitrogen and oxygen atoms in total. The highest BCUT2D eigenvalue weighted by Gasteiger charge is 2.37. The maximum absolute atomic E-state index is 13.2. The van der Waals surface area contributed by atoms with E-state index in [4.69, 9.17) is 11.0 Å². The predicted octanol–water partition coefficient (Wildman–Crippen LogP) is 2.96. The molecule has 1 heterocycles. The molecule has 0 fully saturated rings. The van der Waals surface area contributed by atoms with Crippen molar-refractivity contribution in [2.24, 2.45) is 5.73 Å². The summed E-state index contributed by atoms with van der Waals surface area (Å²) in [5, 5.41) is 21.1. The molecule has 9 heteroatoms. The number of hydrogen-bond donors (Lipinski definition) is 1. The molecule has 32 heavy (non-hydrogen) atoms. The van der Waals surface area contributed by atoms with Gasteiger partial charge >= 0.3 is 6.18 Å². The van der Waals surface area contributed by atoms with E-state index in [1.807, 2.05) is 6.07 Å². The van der Waals surface area contributed by atoms with E-state index < -0.39 is 35.0 Å². The SMILES string of the molecule is CC(=O)C1=C(C)N(c2cccc(C(F)(F)F)c2)C(N)=C(C(=O)[O-])C1c1ccc(C#N)cc1. The second kappa shape index (κ2) is 8.23. The Hall–Kier alpha value is -4.06. The van der Waals surface area contributed by atoms with Crippen LogP contribution in [0.2, 0.25) is 0 Å². The van der Waals surface area contributed by atoms with Crippen LogP contribution in [-0.2, 0) is 15.8 Å². The van der Waals surface area contributed by atoms with Crippen LogP contribution >= 0.6 is 0 Å². The number of anilines is 1. The quantitative estimate of drug-likeness (QED) is 0.783. The first-order chi connectivity index (χ1) is 15.0. The number of ketones is 1. The molecule has 1 atom stereocenters. The highest BCUT2D eigenvalue weighted by Crippen LogP contribution is 2.43. The summed E-state index contributed by atoms with van der Waals surface area (Å²) in [5.74, 6) is -3.63. The molecule has 0 saturated heterocycles. The molecule has 2 aromatic rings. The first kappa shape index (κ1) is 22.6. The van der Waals surface area contributed by atoms with Crippen molar-refractivity contribution in [1.82, 2.24) is 0 Å². The van der Waals surface area contributed by atoms with Gasteiger partial charge in [0.25, 0.3) is 0 Å². The maximum atomic E-state index is 13.2. The number of nitriles is 1. The first-order valence-electron chi connectivity index (χ1n) is 9.37. The predicted molar refractivity (Wildman–Crippen MR) is 107 cm³/mol. The van der Waals surface area contributed by atoms with Crippen molar-refractivity contribution in [2.45, 2.75) is 25.9 Å². The number of carbonyl (C=O) groups excluding carboxylic acids is 2. The van der Waals surface area contributed by atoms with Gasteiger partial charge in [-0.2, -0.15) is 18.4 Å². The number of alkyl halides is 3. The van der Waals surface area contributed by atoms with Crippen LogP contribution in [0, 0.1) is 11.3 Å². The van der Waals surface area contributed by atoms with Gasteiger partial charge in [0, 0.05) is 28.4 Å². The van der Waals surface area contributed by atoms with E-state index in [1.54, 1.807) is 0 Å². The minimum atomic E-state index is -4.63. The minimum absolute atomic E-state index is 0.0421. The lowest BCUT2D eigenvalue weighted by atomic mass is 9.79. The number of carboxylic acids is 1. The van der Waals surface area contributed by atoms with Crippen molar-refractivity contribution in [3.05, 3.63) is 87.9 Å². The van der Waals surface area contributed by atoms with Crippen LogP contribution in [-0.4, -0.2) is 11.8 Å². The molecule has 1 aliphatic heterocycles. The zero-order valence-electron chi connectivity index (χ0n) is 17.0. The third kappa shape index (κ3) is 3.95. The number of carbonyl (C=O) groups is 2.